The van der Waals surface area contributed by atoms with Crippen molar-refractivity contribution in [2.75, 3.05) is 6.61 Å². The number of rotatable bonds is 6. The SMILES string of the molecule is O=C(O)COc1c(Br)cc(C=CC(=O)c2ccc3ccccc3c2)cc1Br. The quantitative estimate of drug-likeness (QED) is 0.355. The van der Waals surface area contributed by atoms with E-state index in [1.54, 1.807) is 18.2 Å². The number of carbonyl (C=O) groups is 2. The first-order valence-corrected chi connectivity index (χ1v) is 9.57. The molecule has 0 saturated heterocycles. The standard InChI is InChI=1S/C21H14Br2O4/c22-17-9-13(10-18(23)21(17)27-12-20(25)26)5-8-19(24)16-7-6-14-3-1-2-4-15(14)11-16/h1-11H,12H2,(H,25,26). The van der Waals surface area contributed by atoms with Gasteiger partial charge in [0.05, 0.1) is 8.95 Å². The Bertz CT molecular complexity index is 1030. The maximum absolute atomic E-state index is 12.5. The summed E-state index contributed by atoms with van der Waals surface area (Å²) < 4.78 is 6.42. The van der Waals surface area contributed by atoms with Crippen LogP contribution in [0.25, 0.3) is 16.8 Å². The first-order chi connectivity index (χ1) is 12.9. The van der Waals surface area contributed by atoms with E-state index in [1.165, 1.54) is 6.08 Å². The van der Waals surface area contributed by atoms with Crippen molar-refractivity contribution in [3.63, 3.8) is 0 Å². The molecule has 3 aromatic carbocycles. The number of fused-ring (bicyclic) bond motifs is 1. The lowest BCUT2D eigenvalue weighted by molar-refractivity contribution is -0.139. The van der Waals surface area contributed by atoms with Crippen LogP contribution < -0.4 is 4.74 Å². The van der Waals surface area contributed by atoms with Crippen LogP contribution in [0.15, 0.2) is 69.6 Å². The largest absolute Gasteiger partial charge is 0.480 e. The maximum Gasteiger partial charge on any atom is 0.341 e. The summed E-state index contributed by atoms with van der Waals surface area (Å²) in [7, 11) is 0. The van der Waals surface area contributed by atoms with Gasteiger partial charge in [-0.3, -0.25) is 4.79 Å². The van der Waals surface area contributed by atoms with Crippen LogP contribution in [-0.2, 0) is 4.79 Å². The van der Waals surface area contributed by atoms with E-state index in [0.717, 1.165) is 16.3 Å². The second-order valence-electron chi connectivity index (χ2n) is 5.76. The number of ketones is 1. The van der Waals surface area contributed by atoms with Gasteiger partial charge in [-0.1, -0.05) is 42.5 Å². The Kier molecular flexibility index (Phi) is 6.08. The second kappa shape index (κ2) is 8.50. The van der Waals surface area contributed by atoms with E-state index in [-0.39, 0.29) is 5.78 Å². The molecule has 0 fully saturated rings. The summed E-state index contributed by atoms with van der Waals surface area (Å²) in [6.45, 7) is -0.438. The van der Waals surface area contributed by atoms with Crippen molar-refractivity contribution in [3.8, 4) is 5.75 Å². The van der Waals surface area contributed by atoms with Gasteiger partial charge in [-0.2, -0.15) is 0 Å². The van der Waals surface area contributed by atoms with E-state index < -0.39 is 12.6 Å². The summed E-state index contributed by atoms with van der Waals surface area (Å²) in [4.78, 5) is 23.1. The average Bonchev–Trinajstić information content (AvgIpc) is 2.64. The van der Waals surface area contributed by atoms with Crippen molar-refractivity contribution in [1.82, 2.24) is 0 Å². The first kappa shape index (κ1) is 19.3. The van der Waals surface area contributed by atoms with Crippen LogP contribution in [0.4, 0.5) is 0 Å². The Morgan fingerprint density at radius 2 is 1.63 bits per heavy atom. The molecule has 3 aromatic rings. The molecule has 0 saturated carbocycles. The average molecular weight is 490 g/mol. The molecule has 3 rings (SSSR count). The minimum atomic E-state index is -1.06. The molecule has 0 aliphatic rings. The predicted molar refractivity (Wildman–Crippen MR) is 112 cm³/mol. The zero-order chi connectivity index (χ0) is 19.4. The number of allylic oxidation sites excluding steroid dienone is 1. The normalized spacial score (nSPS) is 11.0. The van der Waals surface area contributed by atoms with E-state index >= 15 is 0 Å². The molecule has 0 heterocycles. The predicted octanol–water partition coefficient (Wildman–Crippen LogP) is 5.72. The molecule has 0 aliphatic heterocycles. The van der Waals surface area contributed by atoms with Crippen molar-refractivity contribution < 1.29 is 19.4 Å². The van der Waals surface area contributed by atoms with Crippen LogP contribution >= 0.6 is 31.9 Å². The Morgan fingerprint density at radius 3 is 2.30 bits per heavy atom. The smallest absolute Gasteiger partial charge is 0.341 e. The number of carboxylic acids is 1. The van der Waals surface area contributed by atoms with E-state index in [4.69, 9.17) is 9.84 Å². The van der Waals surface area contributed by atoms with Crippen LogP contribution in [0, 0.1) is 0 Å². The van der Waals surface area contributed by atoms with Crippen molar-refractivity contribution in [1.29, 1.82) is 0 Å². The van der Waals surface area contributed by atoms with E-state index in [9.17, 15) is 9.59 Å². The van der Waals surface area contributed by atoms with Crippen LogP contribution in [0.3, 0.4) is 0 Å². The lowest BCUT2D eigenvalue weighted by Gasteiger charge is -2.09. The Hall–Kier alpha value is -2.44. The summed E-state index contributed by atoms with van der Waals surface area (Å²) >= 11 is 6.72. The number of carboxylic acid groups (broad SMARTS) is 1. The van der Waals surface area contributed by atoms with Gasteiger partial charge in [-0.15, -0.1) is 0 Å². The number of benzene rings is 3. The molecule has 0 atom stereocenters. The fourth-order valence-electron chi connectivity index (χ4n) is 2.56. The molecular formula is C21H14Br2O4. The lowest BCUT2D eigenvalue weighted by Crippen LogP contribution is -2.10. The molecular weight excluding hydrogens is 476 g/mol. The van der Waals surface area contributed by atoms with Gasteiger partial charge < -0.3 is 9.84 Å². The Labute approximate surface area is 172 Å². The third-order valence-electron chi connectivity index (χ3n) is 3.82. The molecule has 27 heavy (non-hydrogen) atoms. The van der Waals surface area contributed by atoms with E-state index in [2.05, 4.69) is 31.9 Å². The van der Waals surface area contributed by atoms with Crippen LogP contribution in [0.2, 0.25) is 0 Å². The minimum Gasteiger partial charge on any atom is -0.480 e. The Morgan fingerprint density at radius 1 is 0.963 bits per heavy atom. The molecule has 0 bridgehead atoms. The number of hydrogen-bond donors (Lipinski definition) is 1. The number of carbonyl (C=O) groups excluding carboxylic acids is 1. The molecule has 1 N–H and O–H groups in total. The van der Waals surface area contributed by atoms with Gasteiger partial charge in [-0.25, -0.2) is 4.79 Å². The molecule has 4 nitrogen and oxygen atoms in total. The van der Waals surface area contributed by atoms with Gasteiger partial charge in [-0.05, 0) is 72.5 Å². The highest BCUT2D eigenvalue weighted by Crippen LogP contribution is 2.35. The summed E-state index contributed by atoms with van der Waals surface area (Å²) in [5.74, 6) is -0.756. The van der Waals surface area contributed by atoms with Crippen molar-refractivity contribution >= 4 is 60.5 Å². The highest BCUT2D eigenvalue weighted by molar-refractivity contribution is 9.11. The van der Waals surface area contributed by atoms with Gasteiger partial charge in [0, 0.05) is 5.56 Å². The molecule has 0 aromatic heterocycles. The minimum absolute atomic E-state index is 0.0980. The summed E-state index contributed by atoms with van der Waals surface area (Å²) in [6, 6.07) is 17.0. The zero-order valence-corrected chi connectivity index (χ0v) is 17.2. The molecule has 0 amide bonds. The topological polar surface area (TPSA) is 63.6 Å². The van der Waals surface area contributed by atoms with Crippen LogP contribution in [-0.4, -0.2) is 23.5 Å². The third kappa shape index (κ3) is 4.84. The molecule has 0 aliphatic carbocycles. The van der Waals surface area contributed by atoms with Crippen LogP contribution in [0.1, 0.15) is 15.9 Å². The highest BCUT2D eigenvalue weighted by atomic mass is 79.9. The fraction of sp³-hybridized carbons (Fsp3) is 0.0476. The Balaban J connectivity index is 1.80. The summed E-state index contributed by atoms with van der Waals surface area (Å²) in [5.41, 5.74) is 1.38. The van der Waals surface area contributed by atoms with Gasteiger partial charge >= 0.3 is 5.97 Å². The van der Waals surface area contributed by atoms with Gasteiger partial charge in [0.2, 0.25) is 0 Å². The van der Waals surface area contributed by atoms with Crippen molar-refractivity contribution in [2.45, 2.75) is 0 Å². The number of hydrogen-bond acceptors (Lipinski definition) is 3. The van der Waals surface area contributed by atoms with Gasteiger partial charge in [0.25, 0.3) is 0 Å². The summed E-state index contributed by atoms with van der Waals surface area (Å²) in [6.07, 6.45) is 3.21. The van der Waals surface area contributed by atoms with Crippen molar-refractivity contribution in [2.24, 2.45) is 0 Å². The lowest BCUT2D eigenvalue weighted by atomic mass is 10.0. The maximum atomic E-state index is 12.5. The number of halogens is 2. The molecule has 0 radical (unpaired) electrons. The third-order valence-corrected chi connectivity index (χ3v) is 5.00. The van der Waals surface area contributed by atoms with Gasteiger partial charge in [0.15, 0.2) is 12.4 Å². The molecule has 6 heteroatoms. The molecule has 0 unspecified atom stereocenters. The number of ether oxygens (including phenoxy) is 1. The molecule has 136 valence electrons. The van der Waals surface area contributed by atoms with Gasteiger partial charge in [0.1, 0.15) is 5.75 Å². The second-order valence-corrected chi connectivity index (χ2v) is 7.46. The highest BCUT2D eigenvalue weighted by Gasteiger charge is 2.10. The fourth-order valence-corrected chi connectivity index (χ4v) is 4.01. The first-order valence-electron chi connectivity index (χ1n) is 7.99. The van der Waals surface area contributed by atoms with Crippen molar-refractivity contribution in [3.05, 3.63) is 80.7 Å². The van der Waals surface area contributed by atoms with E-state index in [1.807, 2.05) is 42.5 Å². The molecule has 0 spiro atoms. The zero-order valence-electron chi connectivity index (χ0n) is 14.0. The number of aliphatic carboxylic acids is 1. The van der Waals surface area contributed by atoms with Crippen LogP contribution in [0.5, 0.6) is 5.75 Å². The summed E-state index contributed by atoms with van der Waals surface area (Å²) in [5, 5.41) is 10.8. The van der Waals surface area contributed by atoms with E-state index in [0.29, 0.717) is 20.3 Å². The monoisotopic (exact) mass is 488 g/mol.